The zero-order chi connectivity index (χ0) is 14.9. The van der Waals surface area contributed by atoms with Crippen LogP contribution in [-0.2, 0) is 5.41 Å². The fraction of sp³-hybridized carbons (Fsp3) is 0.286. The Kier molecular flexibility index (Phi) is 3.94. The van der Waals surface area contributed by atoms with Crippen molar-refractivity contribution in [2.75, 3.05) is 5.73 Å². The normalized spacial score (nSPS) is 11.4. The van der Waals surface area contributed by atoms with Gasteiger partial charge in [-0.05, 0) is 12.1 Å². The molecule has 0 aliphatic rings. The van der Waals surface area contributed by atoms with Crippen LogP contribution in [0.25, 0.3) is 0 Å². The van der Waals surface area contributed by atoms with Crippen LogP contribution >= 0.6 is 15.9 Å². The highest BCUT2D eigenvalue weighted by molar-refractivity contribution is 9.10. The molecule has 1 aromatic carbocycles. The number of halogens is 2. The highest BCUT2D eigenvalue weighted by Gasteiger charge is 2.19. The topological polar surface area (TPSA) is 61.0 Å². The quantitative estimate of drug-likeness (QED) is 0.896. The molecule has 0 unspecified atom stereocenters. The van der Waals surface area contributed by atoms with Crippen molar-refractivity contribution in [2.24, 2.45) is 0 Å². The zero-order valence-electron chi connectivity index (χ0n) is 11.4. The fourth-order valence-electron chi connectivity index (χ4n) is 1.54. The molecule has 2 aromatic rings. The monoisotopic (exact) mass is 339 g/mol. The van der Waals surface area contributed by atoms with E-state index in [4.69, 9.17) is 10.5 Å². The highest BCUT2D eigenvalue weighted by atomic mass is 79.9. The van der Waals surface area contributed by atoms with Gasteiger partial charge in [0.05, 0.1) is 0 Å². The van der Waals surface area contributed by atoms with Gasteiger partial charge >= 0.3 is 0 Å². The van der Waals surface area contributed by atoms with Gasteiger partial charge in [0.25, 0.3) is 0 Å². The van der Waals surface area contributed by atoms with Crippen molar-refractivity contribution in [3.05, 3.63) is 40.4 Å². The smallest absolute Gasteiger partial charge is 0.224 e. The number of hydrogen-bond donors (Lipinski definition) is 1. The molecule has 20 heavy (non-hydrogen) atoms. The molecule has 1 heterocycles. The largest absolute Gasteiger partial charge is 0.439 e. The second-order valence-corrected chi connectivity index (χ2v) is 6.33. The standard InChI is InChI=1S/C14H15BrFN3O/c1-14(2,3)13-18-11(17)7-12(19-13)20-10-5-8(15)4-9(16)6-10/h4-7H,1-3H3,(H2,17,18,19). The van der Waals surface area contributed by atoms with Crippen LogP contribution in [0.2, 0.25) is 0 Å². The lowest BCUT2D eigenvalue weighted by Gasteiger charge is -2.17. The minimum atomic E-state index is -0.396. The van der Waals surface area contributed by atoms with Gasteiger partial charge in [0, 0.05) is 22.0 Å². The van der Waals surface area contributed by atoms with E-state index in [9.17, 15) is 4.39 Å². The Morgan fingerprint density at radius 1 is 1.15 bits per heavy atom. The number of nitrogens with zero attached hydrogens (tertiary/aromatic N) is 2. The first kappa shape index (κ1) is 14.7. The van der Waals surface area contributed by atoms with E-state index in [0.717, 1.165) is 0 Å². The third-order valence-corrected chi connectivity index (χ3v) is 2.91. The van der Waals surface area contributed by atoms with Crippen LogP contribution in [0.4, 0.5) is 10.2 Å². The summed E-state index contributed by atoms with van der Waals surface area (Å²) in [6.45, 7) is 5.93. The SMILES string of the molecule is CC(C)(C)c1nc(N)cc(Oc2cc(F)cc(Br)c2)n1. The first-order chi connectivity index (χ1) is 9.24. The lowest BCUT2D eigenvalue weighted by molar-refractivity contribution is 0.442. The van der Waals surface area contributed by atoms with Gasteiger partial charge in [-0.2, -0.15) is 4.98 Å². The van der Waals surface area contributed by atoms with Gasteiger partial charge in [-0.1, -0.05) is 36.7 Å². The summed E-state index contributed by atoms with van der Waals surface area (Å²) >= 11 is 3.21. The maximum Gasteiger partial charge on any atom is 0.224 e. The second-order valence-electron chi connectivity index (χ2n) is 5.41. The zero-order valence-corrected chi connectivity index (χ0v) is 13.0. The number of nitrogens with two attached hydrogens (primary N) is 1. The lowest BCUT2D eigenvalue weighted by atomic mass is 9.96. The van der Waals surface area contributed by atoms with Crippen LogP contribution in [0.3, 0.4) is 0 Å². The number of ether oxygens (including phenoxy) is 1. The van der Waals surface area contributed by atoms with E-state index >= 15 is 0 Å². The number of anilines is 1. The number of aromatic nitrogens is 2. The Morgan fingerprint density at radius 2 is 1.85 bits per heavy atom. The van der Waals surface area contributed by atoms with E-state index in [0.29, 0.717) is 27.7 Å². The van der Waals surface area contributed by atoms with Crippen LogP contribution in [0.5, 0.6) is 11.6 Å². The molecule has 1 aromatic heterocycles. The third kappa shape index (κ3) is 3.66. The van der Waals surface area contributed by atoms with E-state index < -0.39 is 5.82 Å². The molecule has 0 amide bonds. The Bertz CT molecular complexity index is 621. The predicted molar refractivity (Wildman–Crippen MR) is 79.3 cm³/mol. The first-order valence-electron chi connectivity index (χ1n) is 6.03. The van der Waals surface area contributed by atoms with E-state index in [2.05, 4.69) is 25.9 Å². The van der Waals surface area contributed by atoms with Gasteiger partial charge in [0.15, 0.2) is 0 Å². The predicted octanol–water partition coefficient (Wildman–Crippen LogP) is 4.05. The van der Waals surface area contributed by atoms with Crippen molar-refractivity contribution < 1.29 is 9.13 Å². The molecule has 0 saturated heterocycles. The molecule has 0 atom stereocenters. The Balaban J connectivity index is 2.36. The third-order valence-electron chi connectivity index (χ3n) is 2.45. The Hall–Kier alpha value is -1.69. The van der Waals surface area contributed by atoms with E-state index in [1.54, 1.807) is 6.07 Å². The summed E-state index contributed by atoms with van der Waals surface area (Å²) in [5.41, 5.74) is 5.50. The minimum Gasteiger partial charge on any atom is -0.439 e. The summed E-state index contributed by atoms with van der Waals surface area (Å²) in [5.74, 6) is 1.13. The van der Waals surface area contributed by atoms with Gasteiger partial charge < -0.3 is 10.5 Å². The molecule has 2 N–H and O–H groups in total. The highest BCUT2D eigenvalue weighted by Crippen LogP contribution is 2.27. The Labute approximate surface area is 125 Å². The summed E-state index contributed by atoms with van der Waals surface area (Å²) in [4.78, 5) is 8.49. The minimum absolute atomic E-state index is 0.254. The first-order valence-corrected chi connectivity index (χ1v) is 6.82. The summed E-state index contributed by atoms with van der Waals surface area (Å²) in [5, 5.41) is 0. The average Bonchev–Trinajstić information content (AvgIpc) is 2.25. The van der Waals surface area contributed by atoms with Crippen LogP contribution in [0, 0.1) is 5.82 Å². The summed E-state index contributed by atoms with van der Waals surface area (Å²) < 4.78 is 19.5. The van der Waals surface area contributed by atoms with Crippen molar-refractivity contribution in [2.45, 2.75) is 26.2 Å². The average molecular weight is 340 g/mol. The van der Waals surface area contributed by atoms with Crippen molar-refractivity contribution in [3.8, 4) is 11.6 Å². The van der Waals surface area contributed by atoms with Crippen LogP contribution in [-0.4, -0.2) is 9.97 Å². The van der Waals surface area contributed by atoms with Crippen molar-refractivity contribution >= 4 is 21.7 Å². The summed E-state index contributed by atoms with van der Waals surface area (Å²) in [6.07, 6.45) is 0. The van der Waals surface area contributed by atoms with Gasteiger partial charge in [-0.3, -0.25) is 0 Å². The summed E-state index contributed by atoms with van der Waals surface area (Å²) in [7, 11) is 0. The maximum absolute atomic E-state index is 13.3. The number of hydrogen-bond acceptors (Lipinski definition) is 4. The van der Waals surface area contributed by atoms with Gasteiger partial charge in [0.1, 0.15) is 23.2 Å². The van der Waals surface area contributed by atoms with Crippen molar-refractivity contribution in [1.82, 2.24) is 9.97 Å². The van der Waals surface area contributed by atoms with Crippen LogP contribution in [0.15, 0.2) is 28.7 Å². The fourth-order valence-corrected chi connectivity index (χ4v) is 1.98. The molecule has 0 saturated carbocycles. The van der Waals surface area contributed by atoms with Crippen LogP contribution in [0.1, 0.15) is 26.6 Å². The van der Waals surface area contributed by atoms with Crippen molar-refractivity contribution in [3.63, 3.8) is 0 Å². The van der Waals surface area contributed by atoms with Crippen molar-refractivity contribution in [1.29, 1.82) is 0 Å². The van der Waals surface area contributed by atoms with E-state index in [1.165, 1.54) is 18.2 Å². The molecule has 2 rings (SSSR count). The lowest BCUT2D eigenvalue weighted by Crippen LogP contribution is -2.17. The molecule has 0 aliphatic carbocycles. The molecule has 0 radical (unpaired) electrons. The summed E-state index contributed by atoms with van der Waals surface area (Å²) in [6, 6.07) is 5.79. The van der Waals surface area contributed by atoms with Gasteiger partial charge in [-0.25, -0.2) is 9.37 Å². The number of rotatable bonds is 2. The molecule has 0 aliphatic heterocycles. The number of nitrogen functional groups attached to an aromatic ring is 1. The van der Waals surface area contributed by atoms with E-state index in [-0.39, 0.29) is 5.41 Å². The maximum atomic E-state index is 13.3. The van der Waals surface area contributed by atoms with Gasteiger partial charge in [-0.15, -0.1) is 0 Å². The number of benzene rings is 1. The molecular weight excluding hydrogens is 325 g/mol. The molecule has 0 fully saturated rings. The molecule has 0 spiro atoms. The van der Waals surface area contributed by atoms with Gasteiger partial charge in [0.2, 0.25) is 5.88 Å². The second kappa shape index (κ2) is 5.36. The molecule has 6 heteroatoms. The Morgan fingerprint density at radius 3 is 2.45 bits per heavy atom. The molecule has 4 nitrogen and oxygen atoms in total. The molecule has 0 bridgehead atoms. The van der Waals surface area contributed by atoms with Crippen LogP contribution < -0.4 is 10.5 Å². The van der Waals surface area contributed by atoms with E-state index in [1.807, 2.05) is 20.8 Å². The molecular formula is C14H15BrFN3O. The molecule has 106 valence electrons.